The lowest BCUT2D eigenvalue weighted by atomic mass is 10.1. The second kappa shape index (κ2) is 10.5. The van der Waals surface area contributed by atoms with E-state index in [0.717, 1.165) is 36.8 Å². The van der Waals surface area contributed by atoms with Crippen LogP contribution >= 0.6 is 11.8 Å². The van der Waals surface area contributed by atoms with E-state index in [0.29, 0.717) is 11.1 Å². The number of carbonyl (C=O) groups excluding carboxylic acids is 1. The molecule has 0 spiro atoms. The summed E-state index contributed by atoms with van der Waals surface area (Å²) < 4.78 is 2.13. The lowest BCUT2D eigenvalue weighted by Crippen LogP contribution is -3.06. The van der Waals surface area contributed by atoms with Gasteiger partial charge in [-0.1, -0.05) is 44.2 Å². The van der Waals surface area contributed by atoms with Crippen LogP contribution in [0.1, 0.15) is 60.9 Å². The number of nitro benzene ring substituents is 1. The van der Waals surface area contributed by atoms with Gasteiger partial charge in [-0.15, -0.1) is 10.2 Å². The molecule has 0 unspecified atom stereocenters. The molecule has 0 aliphatic rings. The van der Waals surface area contributed by atoms with Crippen LogP contribution in [0.15, 0.2) is 23.4 Å². The van der Waals surface area contributed by atoms with Crippen molar-refractivity contribution < 1.29 is 14.6 Å². The molecule has 1 aromatic heterocycles. The normalized spacial score (nSPS) is 12.3. The fraction of sp³-hybridized carbons (Fsp3) is 0.550. The third kappa shape index (κ3) is 5.63. The molecule has 29 heavy (non-hydrogen) atoms. The molecule has 1 heterocycles. The maximum atomic E-state index is 12.6. The maximum Gasteiger partial charge on any atom is 0.273 e. The molecule has 1 aromatic carbocycles. The van der Waals surface area contributed by atoms with Crippen LogP contribution in [0.2, 0.25) is 0 Å². The number of aromatic nitrogens is 3. The van der Waals surface area contributed by atoms with Crippen molar-refractivity contribution in [2.75, 3.05) is 19.8 Å². The van der Waals surface area contributed by atoms with Gasteiger partial charge in [-0.25, -0.2) is 0 Å². The molecule has 0 radical (unpaired) electrons. The van der Waals surface area contributed by atoms with Crippen LogP contribution in [0, 0.1) is 17.0 Å². The first-order chi connectivity index (χ1) is 13.8. The van der Waals surface area contributed by atoms with Gasteiger partial charge in [-0.2, -0.15) is 0 Å². The number of nitrogens with zero attached hydrogens (tertiary/aromatic N) is 4. The van der Waals surface area contributed by atoms with Gasteiger partial charge in [0, 0.05) is 30.2 Å². The van der Waals surface area contributed by atoms with E-state index in [1.54, 1.807) is 19.1 Å². The fourth-order valence-corrected chi connectivity index (χ4v) is 4.10. The zero-order chi connectivity index (χ0) is 21.6. The van der Waals surface area contributed by atoms with Gasteiger partial charge in [0.25, 0.3) is 5.69 Å². The minimum absolute atomic E-state index is 0.0333. The zero-order valence-electron chi connectivity index (χ0n) is 17.8. The van der Waals surface area contributed by atoms with Gasteiger partial charge in [0.15, 0.2) is 16.8 Å². The average molecular weight is 421 g/mol. The first kappa shape index (κ1) is 23.0. The minimum Gasteiger partial charge on any atom is -0.331 e. The van der Waals surface area contributed by atoms with Crippen LogP contribution in [0.4, 0.5) is 5.69 Å². The number of ketones is 1. The van der Waals surface area contributed by atoms with Crippen LogP contribution in [0.3, 0.4) is 0 Å². The van der Waals surface area contributed by atoms with Gasteiger partial charge < -0.3 is 9.47 Å². The Bertz CT molecular complexity index is 866. The largest absolute Gasteiger partial charge is 0.331 e. The third-order valence-electron chi connectivity index (χ3n) is 4.96. The molecule has 0 saturated heterocycles. The standard InChI is InChI=1S/C20H29N5O3S/c1-6-8-11-24-19(16(7-2)23(4)5)21-22-20(24)29-13-18(26)15-10-9-14(3)17(12-15)25(27)28/h9-10,12,16H,6-8,11,13H2,1-5H3/p+1/t16-/m0/s1. The van der Waals surface area contributed by atoms with Crippen molar-refractivity contribution >= 4 is 23.2 Å². The summed E-state index contributed by atoms with van der Waals surface area (Å²) in [6.45, 7) is 6.75. The molecule has 0 aliphatic carbocycles. The summed E-state index contributed by atoms with van der Waals surface area (Å²) in [5, 5.41) is 20.6. The number of unbranched alkanes of at least 4 members (excludes halogenated alkanes) is 1. The molecule has 0 aliphatic heterocycles. The number of nitro groups is 1. The Balaban J connectivity index is 2.21. The Kier molecular flexibility index (Phi) is 8.33. The Morgan fingerprint density at radius 3 is 2.62 bits per heavy atom. The zero-order valence-corrected chi connectivity index (χ0v) is 18.6. The van der Waals surface area contributed by atoms with Crippen molar-refractivity contribution in [3.05, 3.63) is 45.3 Å². The third-order valence-corrected chi connectivity index (χ3v) is 5.92. The highest BCUT2D eigenvalue weighted by molar-refractivity contribution is 7.99. The van der Waals surface area contributed by atoms with E-state index in [1.807, 2.05) is 0 Å². The summed E-state index contributed by atoms with van der Waals surface area (Å²) in [5.74, 6) is 0.952. The summed E-state index contributed by atoms with van der Waals surface area (Å²) in [6.07, 6.45) is 3.01. The number of thioether (sulfide) groups is 1. The predicted molar refractivity (Wildman–Crippen MR) is 114 cm³/mol. The van der Waals surface area contributed by atoms with Crippen LogP contribution in [-0.2, 0) is 6.54 Å². The van der Waals surface area contributed by atoms with Crippen LogP contribution in [0.25, 0.3) is 0 Å². The van der Waals surface area contributed by atoms with Crippen LogP contribution in [0.5, 0.6) is 0 Å². The van der Waals surface area contributed by atoms with Gasteiger partial charge in [0.2, 0.25) is 0 Å². The second-order valence-electron chi connectivity index (χ2n) is 7.35. The van der Waals surface area contributed by atoms with Crippen molar-refractivity contribution in [1.82, 2.24) is 14.8 Å². The number of hydrogen-bond acceptors (Lipinski definition) is 6. The van der Waals surface area contributed by atoms with E-state index >= 15 is 0 Å². The summed E-state index contributed by atoms with van der Waals surface area (Å²) in [7, 11) is 4.21. The molecule has 0 bridgehead atoms. The van der Waals surface area contributed by atoms with Gasteiger partial charge in [-0.05, 0) is 13.3 Å². The van der Waals surface area contributed by atoms with Crippen molar-refractivity contribution in [1.29, 1.82) is 0 Å². The monoisotopic (exact) mass is 420 g/mol. The molecule has 9 heteroatoms. The van der Waals surface area contributed by atoms with Gasteiger partial charge in [0.1, 0.15) is 6.04 Å². The number of hydrogen-bond donors (Lipinski definition) is 1. The molecule has 2 aromatic rings. The number of carbonyl (C=O) groups is 1. The highest BCUT2D eigenvalue weighted by Crippen LogP contribution is 2.24. The predicted octanol–water partition coefficient (Wildman–Crippen LogP) is 2.87. The van der Waals surface area contributed by atoms with Crippen molar-refractivity contribution in [3.63, 3.8) is 0 Å². The van der Waals surface area contributed by atoms with Crippen LogP contribution < -0.4 is 4.90 Å². The van der Waals surface area contributed by atoms with E-state index in [1.165, 1.54) is 22.7 Å². The lowest BCUT2D eigenvalue weighted by Gasteiger charge is -2.20. The molecule has 0 fully saturated rings. The number of nitrogens with one attached hydrogen (secondary N) is 1. The van der Waals surface area contributed by atoms with E-state index in [4.69, 9.17) is 0 Å². The quantitative estimate of drug-likeness (QED) is 0.260. The molecule has 0 amide bonds. The fourth-order valence-electron chi connectivity index (χ4n) is 3.23. The molecule has 0 saturated carbocycles. The van der Waals surface area contributed by atoms with Gasteiger partial charge in [-0.3, -0.25) is 14.9 Å². The SMILES string of the molecule is CCCCn1c(SCC(=O)c2ccc(C)c([N+](=O)[O-])c2)nnc1[C@H](CC)[NH+](C)C. The summed E-state index contributed by atoms with van der Waals surface area (Å²) in [5.41, 5.74) is 0.854. The number of aryl methyl sites for hydroxylation is 1. The Hall–Kier alpha value is -2.26. The number of quaternary nitrogens is 1. The molecule has 2 rings (SSSR count). The maximum absolute atomic E-state index is 12.6. The van der Waals surface area contributed by atoms with Gasteiger partial charge >= 0.3 is 0 Å². The summed E-state index contributed by atoms with van der Waals surface area (Å²) >= 11 is 1.34. The van der Waals surface area contributed by atoms with E-state index in [9.17, 15) is 14.9 Å². The van der Waals surface area contributed by atoms with E-state index in [2.05, 4.69) is 42.7 Å². The van der Waals surface area contributed by atoms with Crippen molar-refractivity contribution in [2.45, 2.75) is 57.8 Å². The molecule has 1 N–H and O–H groups in total. The lowest BCUT2D eigenvalue weighted by molar-refractivity contribution is -0.893. The highest BCUT2D eigenvalue weighted by Gasteiger charge is 2.25. The van der Waals surface area contributed by atoms with Gasteiger partial charge in [0.05, 0.1) is 24.8 Å². The van der Waals surface area contributed by atoms with Crippen molar-refractivity contribution in [2.24, 2.45) is 0 Å². The average Bonchev–Trinajstić information content (AvgIpc) is 3.07. The number of rotatable bonds is 11. The topological polar surface area (TPSA) is 95.4 Å². The number of Topliss-reactive ketones (excluding diaryl/α,β-unsaturated/α-hetero) is 1. The smallest absolute Gasteiger partial charge is 0.273 e. The van der Waals surface area contributed by atoms with E-state index in [-0.39, 0.29) is 23.3 Å². The minimum atomic E-state index is -0.457. The second-order valence-corrected chi connectivity index (χ2v) is 8.30. The van der Waals surface area contributed by atoms with Crippen LogP contribution in [-0.4, -0.2) is 45.3 Å². The molecule has 158 valence electrons. The summed E-state index contributed by atoms with van der Waals surface area (Å²) in [6, 6.07) is 4.85. The molecular formula is C20H30N5O3S+. The number of benzene rings is 1. The van der Waals surface area contributed by atoms with Crippen molar-refractivity contribution in [3.8, 4) is 0 Å². The molecular weight excluding hydrogens is 390 g/mol. The Morgan fingerprint density at radius 1 is 1.31 bits per heavy atom. The Morgan fingerprint density at radius 2 is 2.03 bits per heavy atom. The highest BCUT2D eigenvalue weighted by atomic mass is 32.2. The first-order valence-electron chi connectivity index (χ1n) is 9.94. The van der Waals surface area contributed by atoms with E-state index < -0.39 is 4.92 Å². The molecule has 8 nitrogen and oxygen atoms in total. The molecule has 1 atom stereocenters. The Labute approximate surface area is 175 Å². The summed E-state index contributed by atoms with van der Waals surface area (Å²) in [4.78, 5) is 24.6. The first-order valence-corrected chi connectivity index (χ1v) is 10.9.